The highest BCUT2D eigenvalue weighted by Gasteiger charge is 2.17. The average molecular weight is 372 g/mol. The molecule has 0 atom stereocenters. The fraction of sp³-hybridized carbons (Fsp3) is 0.350. The summed E-state index contributed by atoms with van der Waals surface area (Å²) < 4.78 is 0. The molecule has 1 saturated carbocycles. The van der Waals surface area contributed by atoms with Crippen molar-refractivity contribution in [2.24, 2.45) is 0 Å². The minimum absolute atomic E-state index is 0.170. The number of amides is 2. The molecular formula is C20H22ClN3O2. The molecule has 2 N–H and O–H groups in total. The van der Waals surface area contributed by atoms with Crippen molar-refractivity contribution in [1.29, 1.82) is 0 Å². The first-order chi connectivity index (χ1) is 12.6. The Morgan fingerprint density at radius 2 is 1.65 bits per heavy atom. The lowest BCUT2D eigenvalue weighted by atomic mass is 9.95. The van der Waals surface area contributed by atoms with Crippen molar-refractivity contribution < 1.29 is 9.59 Å². The summed E-state index contributed by atoms with van der Waals surface area (Å²) in [4.78, 5) is 28.8. The smallest absolute Gasteiger partial charge is 0.253 e. The topological polar surface area (TPSA) is 71.1 Å². The maximum Gasteiger partial charge on any atom is 0.253 e. The van der Waals surface area contributed by atoms with Gasteiger partial charge < -0.3 is 10.6 Å². The van der Waals surface area contributed by atoms with Gasteiger partial charge in [-0.2, -0.15) is 0 Å². The quantitative estimate of drug-likeness (QED) is 0.841. The fourth-order valence-electron chi connectivity index (χ4n) is 3.09. The Bertz CT molecular complexity index is 771. The highest BCUT2D eigenvalue weighted by molar-refractivity contribution is 6.30. The van der Waals surface area contributed by atoms with Gasteiger partial charge in [-0.1, -0.05) is 43.0 Å². The van der Waals surface area contributed by atoms with Gasteiger partial charge in [0.1, 0.15) is 0 Å². The summed E-state index contributed by atoms with van der Waals surface area (Å²) in [6.07, 6.45) is 8.52. The minimum Gasteiger partial charge on any atom is -0.349 e. The number of benzene rings is 1. The molecule has 1 aliphatic rings. The van der Waals surface area contributed by atoms with Crippen LogP contribution >= 0.6 is 11.6 Å². The van der Waals surface area contributed by atoms with E-state index >= 15 is 0 Å². The van der Waals surface area contributed by atoms with Gasteiger partial charge in [0.25, 0.3) is 11.8 Å². The Kier molecular flexibility index (Phi) is 6.23. The molecule has 0 unspecified atom stereocenters. The number of hydrogen-bond acceptors (Lipinski definition) is 3. The highest BCUT2D eigenvalue weighted by Crippen LogP contribution is 2.18. The second-order valence-corrected chi connectivity index (χ2v) is 7.02. The summed E-state index contributed by atoms with van der Waals surface area (Å²) in [6, 6.07) is 9.08. The molecule has 3 rings (SSSR count). The molecule has 136 valence electrons. The zero-order valence-electron chi connectivity index (χ0n) is 14.5. The maximum atomic E-state index is 12.4. The van der Waals surface area contributed by atoms with Gasteiger partial charge in [0, 0.05) is 30.0 Å². The lowest BCUT2D eigenvalue weighted by Crippen LogP contribution is -2.36. The lowest BCUT2D eigenvalue weighted by molar-refractivity contribution is 0.0927. The fourth-order valence-corrected chi connectivity index (χ4v) is 3.22. The van der Waals surface area contributed by atoms with Gasteiger partial charge in [0.15, 0.2) is 0 Å². The van der Waals surface area contributed by atoms with Crippen LogP contribution in [0.3, 0.4) is 0 Å². The van der Waals surface area contributed by atoms with E-state index < -0.39 is 0 Å². The van der Waals surface area contributed by atoms with Gasteiger partial charge in [-0.3, -0.25) is 14.6 Å². The summed E-state index contributed by atoms with van der Waals surface area (Å²) in [6.45, 7) is 0.383. The van der Waals surface area contributed by atoms with Crippen molar-refractivity contribution in [3.05, 3.63) is 64.4 Å². The van der Waals surface area contributed by atoms with E-state index in [1.165, 1.54) is 18.8 Å². The van der Waals surface area contributed by atoms with E-state index in [2.05, 4.69) is 15.6 Å². The molecule has 1 heterocycles. The van der Waals surface area contributed by atoms with Crippen molar-refractivity contribution in [1.82, 2.24) is 15.6 Å². The summed E-state index contributed by atoms with van der Waals surface area (Å²) >= 11 is 5.85. The number of halogens is 1. The molecule has 2 aromatic rings. The predicted molar refractivity (Wildman–Crippen MR) is 101 cm³/mol. The molecule has 6 heteroatoms. The Morgan fingerprint density at radius 3 is 2.35 bits per heavy atom. The zero-order chi connectivity index (χ0) is 18.4. The first kappa shape index (κ1) is 18.4. The molecule has 2 amide bonds. The van der Waals surface area contributed by atoms with E-state index in [0.29, 0.717) is 22.7 Å². The van der Waals surface area contributed by atoms with E-state index in [4.69, 9.17) is 11.6 Å². The van der Waals surface area contributed by atoms with E-state index in [-0.39, 0.29) is 17.9 Å². The number of rotatable bonds is 5. The molecule has 5 nitrogen and oxygen atoms in total. The molecule has 0 saturated heterocycles. The monoisotopic (exact) mass is 371 g/mol. The SMILES string of the molecule is O=C(NCc1ccc(Cl)cc1)c1cncc(C(=O)NC2CCCCC2)c1. The Morgan fingerprint density at radius 1 is 1.00 bits per heavy atom. The van der Waals surface area contributed by atoms with Gasteiger partial charge in [-0.15, -0.1) is 0 Å². The van der Waals surface area contributed by atoms with E-state index in [0.717, 1.165) is 31.2 Å². The maximum absolute atomic E-state index is 12.4. The number of nitrogens with zero attached hydrogens (tertiary/aromatic N) is 1. The average Bonchev–Trinajstić information content (AvgIpc) is 2.68. The number of nitrogens with one attached hydrogen (secondary N) is 2. The molecule has 1 aromatic heterocycles. The number of aromatic nitrogens is 1. The third-order valence-electron chi connectivity index (χ3n) is 4.57. The number of pyridine rings is 1. The van der Waals surface area contributed by atoms with Crippen LogP contribution in [0.2, 0.25) is 5.02 Å². The number of hydrogen-bond donors (Lipinski definition) is 2. The standard InChI is InChI=1S/C20H22ClN3O2/c21-17-8-6-14(7-9-17)11-23-19(25)15-10-16(13-22-12-15)20(26)24-18-4-2-1-3-5-18/h6-10,12-13,18H,1-5,11H2,(H,23,25)(H,24,26). The van der Waals surface area contributed by atoms with Crippen LogP contribution < -0.4 is 10.6 Å². The second kappa shape index (κ2) is 8.81. The third-order valence-corrected chi connectivity index (χ3v) is 4.82. The predicted octanol–water partition coefficient (Wildman–Crippen LogP) is 3.73. The van der Waals surface area contributed by atoms with Crippen LogP contribution in [0, 0.1) is 0 Å². The molecule has 0 aliphatic heterocycles. The summed E-state index contributed by atoms with van der Waals surface area (Å²) in [7, 11) is 0. The molecule has 1 aromatic carbocycles. The summed E-state index contributed by atoms with van der Waals surface area (Å²) in [5.41, 5.74) is 1.73. The van der Waals surface area contributed by atoms with E-state index in [1.807, 2.05) is 12.1 Å². The molecular weight excluding hydrogens is 350 g/mol. The Balaban J connectivity index is 1.59. The van der Waals surface area contributed by atoms with Crippen LogP contribution in [-0.4, -0.2) is 22.8 Å². The van der Waals surface area contributed by atoms with E-state index in [9.17, 15) is 9.59 Å². The van der Waals surface area contributed by atoms with Gasteiger partial charge in [-0.25, -0.2) is 0 Å². The van der Waals surface area contributed by atoms with Crippen molar-refractivity contribution in [2.45, 2.75) is 44.7 Å². The van der Waals surface area contributed by atoms with Gasteiger partial charge >= 0.3 is 0 Å². The largest absolute Gasteiger partial charge is 0.349 e. The van der Waals surface area contributed by atoms with Crippen LogP contribution in [0.15, 0.2) is 42.7 Å². The molecule has 0 spiro atoms. The Hall–Kier alpha value is -2.40. The molecule has 0 bridgehead atoms. The molecule has 26 heavy (non-hydrogen) atoms. The minimum atomic E-state index is -0.264. The zero-order valence-corrected chi connectivity index (χ0v) is 15.3. The van der Waals surface area contributed by atoms with Crippen LogP contribution in [0.25, 0.3) is 0 Å². The van der Waals surface area contributed by atoms with Crippen molar-refractivity contribution >= 4 is 23.4 Å². The summed E-state index contributed by atoms with van der Waals surface area (Å²) in [5.74, 6) is -0.434. The lowest BCUT2D eigenvalue weighted by Gasteiger charge is -2.22. The highest BCUT2D eigenvalue weighted by atomic mass is 35.5. The first-order valence-corrected chi connectivity index (χ1v) is 9.28. The van der Waals surface area contributed by atoms with Gasteiger partial charge in [0.2, 0.25) is 0 Å². The third kappa shape index (κ3) is 5.05. The summed E-state index contributed by atoms with van der Waals surface area (Å²) in [5, 5.41) is 6.52. The van der Waals surface area contributed by atoms with Crippen LogP contribution in [0.5, 0.6) is 0 Å². The molecule has 0 radical (unpaired) electrons. The van der Waals surface area contributed by atoms with E-state index in [1.54, 1.807) is 18.2 Å². The van der Waals surface area contributed by atoms with Crippen LogP contribution in [0.4, 0.5) is 0 Å². The normalized spacial score (nSPS) is 14.7. The second-order valence-electron chi connectivity index (χ2n) is 6.58. The number of carbonyl (C=O) groups excluding carboxylic acids is 2. The van der Waals surface area contributed by atoms with Crippen LogP contribution in [-0.2, 0) is 6.54 Å². The Labute approximate surface area is 158 Å². The molecule has 1 aliphatic carbocycles. The first-order valence-electron chi connectivity index (χ1n) is 8.90. The van der Waals surface area contributed by atoms with Crippen LogP contribution in [0.1, 0.15) is 58.4 Å². The van der Waals surface area contributed by atoms with Crippen molar-refractivity contribution in [3.63, 3.8) is 0 Å². The van der Waals surface area contributed by atoms with Crippen molar-refractivity contribution in [3.8, 4) is 0 Å². The van der Waals surface area contributed by atoms with Crippen molar-refractivity contribution in [2.75, 3.05) is 0 Å². The van der Waals surface area contributed by atoms with Gasteiger partial charge in [-0.05, 0) is 36.6 Å². The van der Waals surface area contributed by atoms with Gasteiger partial charge in [0.05, 0.1) is 11.1 Å². The number of carbonyl (C=O) groups is 2. The molecule has 1 fully saturated rings.